The van der Waals surface area contributed by atoms with Gasteiger partial charge in [0.05, 0.1) is 12.3 Å². The van der Waals surface area contributed by atoms with Gasteiger partial charge in [0.1, 0.15) is 11.6 Å². The van der Waals surface area contributed by atoms with Crippen LogP contribution >= 0.6 is 11.6 Å². The Morgan fingerprint density at radius 2 is 2.06 bits per heavy atom. The third-order valence-corrected chi connectivity index (χ3v) is 2.81. The molecule has 1 aromatic carbocycles. The number of hydrogen-bond donors (Lipinski definition) is 1. The second kappa shape index (κ2) is 5.80. The highest BCUT2D eigenvalue weighted by Gasteiger charge is 2.06. The van der Waals surface area contributed by atoms with Gasteiger partial charge in [-0.2, -0.15) is 0 Å². The molecule has 2 aromatic rings. The Morgan fingerprint density at radius 1 is 1.28 bits per heavy atom. The van der Waals surface area contributed by atoms with Crippen LogP contribution in [0.2, 0.25) is 5.02 Å². The lowest BCUT2D eigenvalue weighted by Crippen LogP contribution is -2.05. The minimum Gasteiger partial charge on any atom is -0.384 e. The Morgan fingerprint density at radius 3 is 2.78 bits per heavy atom. The molecule has 2 N–H and O–H groups in total. The van der Waals surface area contributed by atoms with Crippen LogP contribution in [-0.4, -0.2) is 17.1 Å². The van der Waals surface area contributed by atoms with Crippen LogP contribution in [0.5, 0.6) is 0 Å². The Hall–Kier alpha value is -1.65. The highest BCUT2D eigenvalue weighted by Crippen LogP contribution is 2.18. The van der Waals surface area contributed by atoms with Crippen LogP contribution in [0.15, 0.2) is 30.3 Å². The molecule has 5 heteroatoms. The third kappa shape index (κ3) is 3.18. The van der Waals surface area contributed by atoms with Crippen molar-refractivity contribution in [1.82, 2.24) is 9.97 Å². The van der Waals surface area contributed by atoms with Crippen molar-refractivity contribution in [2.45, 2.75) is 13.0 Å². The van der Waals surface area contributed by atoms with E-state index in [4.69, 9.17) is 22.1 Å². The molecule has 0 amide bonds. The molecule has 0 fully saturated rings. The predicted molar refractivity (Wildman–Crippen MR) is 71.4 cm³/mol. The molecule has 0 saturated heterocycles. The first-order valence-corrected chi connectivity index (χ1v) is 5.91. The summed E-state index contributed by atoms with van der Waals surface area (Å²) in [5.41, 5.74) is 7.49. The molecule has 2 rings (SSSR count). The van der Waals surface area contributed by atoms with Crippen molar-refractivity contribution in [2.24, 2.45) is 0 Å². The first-order chi connectivity index (χ1) is 8.69. The number of benzene rings is 1. The molecule has 0 aliphatic carbocycles. The second-order valence-corrected chi connectivity index (χ2v) is 4.31. The number of halogens is 1. The zero-order valence-electron chi connectivity index (χ0n) is 10.1. The van der Waals surface area contributed by atoms with Gasteiger partial charge >= 0.3 is 0 Å². The van der Waals surface area contributed by atoms with E-state index in [1.165, 1.54) is 0 Å². The summed E-state index contributed by atoms with van der Waals surface area (Å²) in [5, 5.41) is 0.705. The summed E-state index contributed by atoms with van der Waals surface area (Å²) in [6.45, 7) is 0.419. The summed E-state index contributed by atoms with van der Waals surface area (Å²) >= 11 is 6.10. The number of nitrogens with two attached hydrogens (primary N) is 1. The van der Waals surface area contributed by atoms with E-state index in [-0.39, 0.29) is 0 Å². The van der Waals surface area contributed by atoms with E-state index in [9.17, 15) is 0 Å². The second-order valence-electron chi connectivity index (χ2n) is 3.90. The first-order valence-electron chi connectivity index (χ1n) is 5.53. The maximum absolute atomic E-state index is 6.10. The van der Waals surface area contributed by atoms with Gasteiger partial charge in [-0.1, -0.05) is 29.8 Å². The third-order valence-electron chi connectivity index (χ3n) is 2.44. The summed E-state index contributed by atoms with van der Waals surface area (Å²) in [5.74, 6) is 1.09. The molecule has 0 unspecified atom stereocenters. The van der Waals surface area contributed by atoms with E-state index < -0.39 is 0 Å². The minimum atomic E-state index is 0.419. The minimum absolute atomic E-state index is 0.419. The molecule has 0 aliphatic rings. The number of methoxy groups -OCH3 is 1. The normalized spacial score (nSPS) is 10.6. The number of aromatic nitrogens is 2. The number of ether oxygens (including phenoxy) is 1. The summed E-state index contributed by atoms with van der Waals surface area (Å²) in [4.78, 5) is 8.59. The van der Waals surface area contributed by atoms with E-state index in [0.29, 0.717) is 29.7 Å². The van der Waals surface area contributed by atoms with E-state index in [2.05, 4.69) is 9.97 Å². The number of nitrogens with zero attached hydrogens (tertiary/aromatic N) is 2. The molecule has 0 aliphatic heterocycles. The Kier molecular flexibility index (Phi) is 4.12. The zero-order valence-corrected chi connectivity index (χ0v) is 10.8. The average molecular weight is 264 g/mol. The molecule has 94 valence electrons. The van der Waals surface area contributed by atoms with Crippen molar-refractivity contribution >= 4 is 17.4 Å². The Labute approximate surface area is 111 Å². The molecule has 0 saturated carbocycles. The molecular formula is C13H14ClN3O. The van der Waals surface area contributed by atoms with E-state index in [0.717, 1.165) is 11.3 Å². The first kappa shape index (κ1) is 12.8. The monoisotopic (exact) mass is 263 g/mol. The fourth-order valence-corrected chi connectivity index (χ4v) is 1.89. The van der Waals surface area contributed by atoms with Crippen molar-refractivity contribution in [1.29, 1.82) is 0 Å². The van der Waals surface area contributed by atoms with Gasteiger partial charge in [0.25, 0.3) is 0 Å². The summed E-state index contributed by atoms with van der Waals surface area (Å²) in [6, 6.07) is 9.33. The van der Waals surface area contributed by atoms with Crippen molar-refractivity contribution in [2.75, 3.05) is 12.8 Å². The van der Waals surface area contributed by atoms with Gasteiger partial charge in [-0.15, -0.1) is 0 Å². The van der Waals surface area contributed by atoms with Crippen molar-refractivity contribution in [3.05, 3.63) is 52.4 Å². The standard InChI is InChI=1S/C13H14ClN3O/c1-18-8-10-7-12(15)17-13(16-10)6-9-4-2-3-5-11(9)14/h2-5,7H,6,8H2,1H3,(H2,15,16,17). The fourth-order valence-electron chi connectivity index (χ4n) is 1.69. The lowest BCUT2D eigenvalue weighted by atomic mass is 10.1. The fraction of sp³-hybridized carbons (Fsp3) is 0.231. The van der Waals surface area contributed by atoms with Gasteiger partial charge in [-0.05, 0) is 11.6 Å². The van der Waals surface area contributed by atoms with Crippen molar-refractivity contribution in [3.8, 4) is 0 Å². The highest BCUT2D eigenvalue weighted by atomic mass is 35.5. The average Bonchev–Trinajstić information content (AvgIpc) is 2.32. The lowest BCUT2D eigenvalue weighted by molar-refractivity contribution is 0.181. The number of anilines is 1. The van der Waals surface area contributed by atoms with Crippen molar-refractivity contribution < 1.29 is 4.74 Å². The molecule has 0 bridgehead atoms. The van der Waals surface area contributed by atoms with Gasteiger partial charge in [-0.25, -0.2) is 9.97 Å². The van der Waals surface area contributed by atoms with Gasteiger partial charge in [0.15, 0.2) is 0 Å². The molecule has 1 aromatic heterocycles. The molecule has 18 heavy (non-hydrogen) atoms. The van der Waals surface area contributed by atoms with Crippen LogP contribution in [0, 0.1) is 0 Å². The molecule has 0 atom stereocenters. The Balaban J connectivity index is 2.26. The smallest absolute Gasteiger partial charge is 0.135 e. The summed E-state index contributed by atoms with van der Waals surface area (Å²) in [7, 11) is 1.62. The van der Waals surface area contributed by atoms with E-state index in [1.807, 2.05) is 24.3 Å². The topological polar surface area (TPSA) is 61.0 Å². The number of hydrogen-bond acceptors (Lipinski definition) is 4. The quantitative estimate of drug-likeness (QED) is 0.920. The molecule has 0 spiro atoms. The van der Waals surface area contributed by atoms with Crippen LogP contribution in [-0.2, 0) is 17.8 Å². The van der Waals surface area contributed by atoms with Crippen molar-refractivity contribution in [3.63, 3.8) is 0 Å². The van der Waals surface area contributed by atoms with Gasteiger partial charge in [-0.3, -0.25) is 0 Å². The molecule has 1 heterocycles. The van der Waals surface area contributed by atoms with Crippen LogP contribution < -0.4 is 5.73 Å². The largest absolute Gasteiger partial charge is 0.384 e. The molecular weight excluding hydrogens is 250 g/mol. The highest BCUT2D eigenvalue weighted by molar-refractivity contribution is 6.31. The number of nitrogen functional groups attached to an aromatic ring is 1. The molecule has 0 radical (unpaired) electrons. The van der Waals surface area contributed by atoms with Gasteiger partial charge in [0.2, 0.25) is 0 Å². The van der Waals surface area contributed by atoms with Gasteiger partial charge in [0, 0.05) is 24.6 Å². The van der Waals surface area contributed by atoms with Crippen LogP contribution in [0.4, 0.5) is 5.82 Å². The van der Waals surface area contributed by atoms with Crippen LogP contribution in [0.25, 0.3) is 0 Å². The van der Waals surface area contributed by atoms with Crippen LogP contribution in [0.3, 0.4) is 0 Å². The molecule has 4 nitrogen and oxygen atoms in total. The summed E-state index contributed by atoms with van der Waals surface area (Å²) in [6.07, 6.45) is 0.557. The maximum atomic E-state index is 6.10. The maximum Gasteiger partial charge on any atom is 0.135 e. The van der Waals surface area contributed by atoms with Gasteiger partial charge < -0.3 is 10.5 Å². The van der Waals surface area contributed by atoms with E-state index >= 15 is 0 Å². The Bertz CT molecular complexity index is 546. The van der Waals surface area contributed by atoms with E-state index in [1.54, 1.807) is 13.2 Å². The van der Waals surface area contributed by atoms with Crippen LogP contribution in [0.1, 0.15) is 17.1 Å². The zero-order chi connectivity index (χ0) is 13.0. The lowest BCUT2D eigenvalue weighted by Gasteiger charge is -2.06. The predicted octanol–water partition coefficient (Wildman–Crippen LogP) is 2.45. The number of rotatable bonds is 4. The SMILES string of the molecule is COCc1cc(N)nc(Cc2ccccc2Cl)n1. The summed E-state index contributed by atoms with van der Waals surface area (Å²) < 4.78 is 5.04.